The van der Waals surface area contributed by atoms with Gasteiger partial charge in [0.05, 0.1) is 12.5 Å². The molecule has 1 aliphatic rings. The van der Waals surface area contributed by atoms with Crippen molar-refractivity contribution in [3.05, 3.63) is 46.2 Å². The summed E-state index contributed by atoms with van der Waals surface area (Å²) in [6.45, 7) is 4.06. The molecule has 124 valence electrons. The summed E-state index contributed by atoms with van der Waals surface area (Å²) in [5, 5.41) is 7.11. The number of benzene rings is 1. The Morgan fingerprint density at radius 2 is 2.22 bits per heavy atom. The van der Waals surface area contributed by atoms with E-state index in [0.717, 1.165) is 23.3 Å². The molecule has 0 bridgehead atoms. The van der Waals surface area contributed by atoms with Crippen molar-refractivity contribution >= 4 is 35.3 Å². The number of amides is 1. The van der Waals surface area contributed by atoms with Crippen LogP contribution in [0.4, 0.5) is 5.69 Å². The van der Waals surface area contributed by atoms with E-state index >= 15 is 0 Å². The molecule has 0 aliphatic carbocycles. The van der Waals surface area contributed by atoms with Crippen LogP contribution in [0.3, 0.4) is 0 Å². The number of rotatable bonds is 3. The second-order valence-corrected chi connectivity index (χ2v) is 7.07. The highest BCUT2D eigenvalue weighted by Crippen LogP contribution is 2.40. The molecule has 0 radical (unpaired) electrons. The van der Waals surface area contributed by atoms with Gasteiger partial charge in [-0.1, -0.05) is 0 Å². The van der Waals surface area contributed by atoms with Crippen molar-refractivity contribution in [2.75, 3.05) is 5.73 Å². The average molecular weight is 353 g/mol. The third kappa shape index (κ3) is 4.18. The smallest absolute Gasteiger partial charge is 0.224 e. The SMILES string of the molecule is CC1(C)CC(NC(=O)Cc2ccsc2)c2cc(N)ccc2O1.Cl. The van der Waals surface area contributed by atoms with Crippen molar-refractivity contribution in [1.82, 2.24) is 5.32 Å². The van der Waals surface area contributed by atoms with Gasteiger partial charge < -0.3 is 15.8 Å². The molecule has 1 aromatic heterocycles. The maximum atomic E-state index is 12.3. The molecule has 1 atom stereocenters. The normalized spacial score (nSPS) is 18.3. The number of nitrogens with two attached hydrogens (primary N) is 1. The molecule has 1 unspecified atom stereocenters. The molecule has 3 N–H and O–H groups in total. The third-order valence-corrected chi connectivity index (χ3v) is 4.50. The second kappa shape index (κ2) is 6.81. The van der Waals surface area contributed by atoms with Crippen LogP contribution in [-0.4, -0.2) is 11.5 Å². The van der Waals surface area contributed by atoms with E-state index < -0.39 is 0 Å². The highest BCUT2D eigenvalue weighted by molar-refractivity contribution is 7.08. The molecule has 0 saturated heterocycles. The first kappa shape index (κ1) is 17.6. The number of halogens is 1. The zero-order valence-corrected chi connectivity index (χ0v) is 14.8. The van der Waals surface area contributed by atoms with E-state index in [1.165, 1.54) is 0 Å². The van der Waals surface area contributed by atoms with E-state index in [1.54, 1.807) is 11.3 Å². The first-order valence-corrected chi connectivity index (χ1v) is 8.26. The fourth-order valence-electron chi connectivity index (χ4n) is 2.83. The lowest BCUT2D eigenvalue weighted by atomic mass is 9.89. The Morgan fingerprint density at radius 3 is 2.91 bits per heavy atom. The van der Waals surface area contributed by atoms with Crippen LogP contribution < -0.4 is 15.8 Å². The third-order valence-electron chi connectivity index (χ3n) is 3.77. The Kier molecular flexibility index (Phi) is 5.22. The topological polar surface area (TPSA) is 64.4 Å². The molecule has 0 saturated carbocycles. The number of carbonyl (C=O) groups is 1. The average Bonchev–Trinajstić information content (AvgIpc) is 2.91. The van der Waals surface area contributed by atoms with Gasteiger partial charge >= 0.3 is 0 Å². The molecule has 1 aromatic carbocycles. The minimum atomic E-state index is -0.316. The lowest BCUT2D eigenvalue weighted by Gasteiger charge is -2.38. The first-order chi connectivity index (χ1) is 10.4. The number of hydrogen-bond donors (Lipinski definition) is 2. The van der Waals surface area contributed by atoms with Crippen molar-refractivity contribution in [3.63, 3.8) is 0 Å². The van der Waals surface area contributed by atoms with Crippen LogP contribution in [0.5, 0.6) is 5.75 Å². The summed E-state index contributed by atoms with van der Waals surface area (Å²) in [6, 6.07) is 7.49. The van der Waals surface area contributed by atoms with Crippen LogP contribution >= 0.6 is 23.7 Å². The fourth-order valence-corrected chi connectivity index (χ4v) is 3.49. The zero-order chi connectivity index (χ0) is 15.7. The Bertz CT molecular complexity index is 686. The van der Waals surface area contributed by atoms with Crippen molar-refractivity contribution in [2.45, 2.75) is 38.3 Å². The highest BCUT2D eigenvalue weighted by Gasteiger charge is 2.34. The van der Waals surface area contributed by atoms with Gasteiger partial charge in [0.25, 0.3) is 0 Å². The van der Waals surface area contributed by atoms with Crippen molar-refractivity contribution in [1.29, 1.82) is 0 Å². The fraction of sp³-hybridized carbons (Fsp3) is 0.353. The minimum Gasteiger partial charge on any atom is -0.487 e. The molecule has 0 fully saturated rings. The van der Waals surface area contributed by atoms with Crippen LogP contribution in [0.25, 0.3) is 0 Å². The lowest BCUT2D eigenvalue weighted by Crippen LogP contribution is -2.41. The quantitative estimate of drug-likeness (QED) is 0.827. The largest absolute Gasteiger partial charge is 0.487 e. The second-order valence-electron chi connectivity index (χ2n) is 6.29. The van der Waals surface area contributed by atoms with Crippen LogP contribution in [-0.2, 0) is 11.2 Å². The summed E-state index contributed by atoms with van der Waals surface area (Å²) >= 11 is 1.60. The number of thiophene rings is 1. The Labute approximate surface area is 146 Å². The number of ether oxygens (including phenoxy) is 1. The molecular weight excluding hydrogens is 332 g/mol. The predicted octanol–water partition coefficient (Wildman–Crippen LogP) is 3.71. The molecular formula is C17H21ClN2O2S. The van der Waals surface area contributed by atoms with E-state index in [9.17, 15) is 4.79 Å². The van der Waals surface area contributed by atoms with Gasteiger partial charge in [-0.15, -0.1) is 12.4 Å². The number of carbonyl (C=O) groups excluding carboxylic acids is 1. The molecule has 1 amide bonds. The molecule has 23 heavy (non-hydrogen) atoms. The van der Waals surface area contributed by atoms with Crippen LogP contribution in [0.15, 0.2) is 35.0 Å². The number of nitrogen functional groups attached to an aromatic ring is 1. The van der Waals surface area contributed by atoms with Gasteiger partial charge in [0, 0.05) is 17.7 Å². The number of fused-ring (bicyclic) bond motifs is 1. The molecule has 0 spiro atoms. The molecule has 3 rings (SSSR count). The van der Waals surface area contributed by atoms with Gasteiger partial charge in [0.2, 0.25) is 5.91 Å². The van der Waals surface area contributed by atoms with E-state index in [1.807, 2.05) is 48.9 Å². The van der Waals surface area contributed by atoms with Gasteiger partial charge in [-0.2, -0.15) is 11.3 Å². The zero-order valence-electron chi connectivity index (χ0n) is 13.2. The van der Waals surface area contributed by atoms with Gasteiger partial charge in [0.15, 0.2) is 0 Å². The Hall–Kier alpha value is -1.72. The Morgan fingerprint density at radius 1 is 1.43 bits per heavy atom. The van der Waals surface area contributed by atoms with Crippen LogP contribution in [0.1, 0.15) is 37.4 Å². The van der Waals surface area contributed by atoms with Crippen LogP contribution in [0, 0.1) is 0 Å². The van der Waals surface area contributed by atoms with Gasteiger partial charge in [-0.25, -0.2) is 0 Å². The monoisotopic (exact) mass is 352 g/mol. The first-order valence-electron chi connectivity index (χ1n) is 7.32. The molecule has 2 aromatic rings. The maximum absolute atomic E-state index is 12.3. The van der Waals surface area contributed by atoms with Crippen molar-refractivity contribution in [2.24, 2.45) is 0 Å². The van der Waals surface area contributed by atoms with Crippen molar-refractivity contribution < 1.29 is 9.53 Å². The molecule has 4 nitrogen and oxygen atoms in total. The number of anilines is 1. The van der Waals surface area contributed by atoms with E-state index in [-0.39, 0.29) is 30.0 Å². The van der Waals surface area contributed by atoms with Gasteiger partial charge in [-0.05, 0) is 54.4 Å². The summed E-state index contributed by atoms with van der Waals surface area (Å²) in [5.41, 5.74) is 8.25. The summed E-state index contributed by atoms with van der Waals surface area (Å²) < 4.78 is 5.99. The molecule has 2 heterocycles. The number of nitrogens with one attached hydrogen (secondary N) is 1. The Balaban J connectivity index is 0.00000192. The van der Waals surface area contributed by atoms with E-state index in [4.69, 9.17) is 10.5 Å². The number of hydrogen-bond acceptors (Lipinski definition) is 4. The highest BCUT2D eigenvalue weighted by atomic mass is 35.5. The van der Waals surface area contributed by atoms with E-state index in [2.05, 4.69) is 5.32 Å². The summed E-state index contributed by atoms with van der Waals surface area (Å²) in [6.07, 6.45) is 1.12. The van der Waals surface area contributed by atoms with Crippen LogP contribution in [0.2, 0.25) is 0 Å². The van der Waals surface area contributed by atoms with Gasteiger partial charge in [0.1, 0.15) is 11.4 Å². The van der Waals surface area contributed by atoms with E-state index in [0.29, 0.717) is 12.1 Å². The summed E-state index contributed by atoms with van der Waals surface area (Å²) in [5.74, 6) is 0.820. The molecule has 6 heteroatoms. The summed E-state index contributed by atoms with van der Waals surface area (Å²) in [7, 11) is 0. The summed E-state index contributed by atoms with van der Waals surface area (Å²) in [4.78, 5) is 12.3. The maximum Gasteiger partial charge on any atom is 0.224 e. The molecule has 1 aliphatic heterocycles. The lowest BCUT2D eigenvalue weighted by molar-refractivity contribution is -0.121. The minimum absolute atomic E-state index is 0. The van der Waals surface area contributed by atoms with Gasteiger partial charge in [-0.3, -0.25) is 4.79 Å². The van der Waals surface area contributed by atoms with Crippen molar-refractivity contribution in [3.8, 4) is 5.75 Å². The predicted molar refractivity (Wildman–Crippen MR) is 96.3 cm³/mol. The standard InChI is InChI=1S/C17H20N2O2S.ClH/c1-17(2)9-14(13-8-12(18)3-4-15(13)21-17)19-16(20)7-11-5-6-22-10-11;/h3-6,8,10,14H,7,9,18H2,1-2H3,(H,19,20);1H.